The highest BCUT2D eigenvalue weighted by Gasteiger charge is 2.25. The lowest BCUT2D eigenvalue weighted by Crippen LogP contribution is -2.38. The molecule has 0 saturated heterocycles. The number of nitro groups is 1. The van der Waals surface area contributed by atoms with Crippen molar-refractivity contribution >= 4 is 17.3 Å². The van der Waals surface area contributed by atoms with Crippen LogP contribution in [0.1, 0.15) is 30.1 Å². The summed E-state index contributed by atoms with van der Waals surface area (Å²) < 4.78 is 1.85. The standard InChI is InChI=1S/C17H21N5O3/c1-20(15-7-3-4-8-16(15)22(24)25)11-17(23)19-13-6-5-9-14-12(13)10-18-21(14)2/h3-4,7-8,10,13H,5-6,9,11H2,1-2H3,(H,19,23). The number of aryl methyl sites for hydroxylation is 1. The molecule has 132 valence electrons. The van der Waals surface area contributed by atoms with E-state index < -0.39 is 4.92 Å². The number of para-hydroxylation sites is 2. The number of rotatable bonds is 5. The van der Waals surface area contributed by atoms with E-state index in [2.05, 4.69) is 10.4 Å². The molecule has 2 aromatic rings. The molecule has 8 nitrogen and oxygen atoms in total. The minimum atomic E-state index is -0.438. The zero-order chi connectivity index (χ0) is 18.0. The van der Waals surface area contributed by atoms with E-state index in [4.69, 9.17) is 0 Å². The Bertz CT molecular complexity index is 801. The molecular formula is C17H21N5O3. The molecule has 0 spiro atoms. The van der Waals surface area contributed by atoms with Gasteiger partial charge in [0.1, 0.15) is 5.69 Å². The first-order valence-corrected chi connectivity index (χ1v) is 8.22. The highest BCUT2D eigenvalue weighted by atomic mass is 16.6. The molecule has 1 heterocycles. The Hall–Kier alpha value is -2.90. The van der Waals surface area contributed by atoms with Crippen LogP contribution in [0.3, 0.4) is 0 Å². The first kappa shape index (κ1) is 16.9. The zero-order valence-corrected chi connectivity index (χ0v) is 14.3. The number of nitro benzene ring substituents is 1. The van der Waals surface area contributed by atoms with Gasteiger partial charge in [-0.15, -0.1) is 0 Å². The number of hydrogen-bond donors (Lipinski definition) is 1. The van der Waals surface area contributed by atoms with E-state index in [1.54, 1.807) is 30.1 Å². The molecule has 0 saturated carbocycles. The Morgan fingerprint density at radius 1 is 1.48 bits per heavy atom. The number of nitrogens with one attached hydrogen (secondary N) is 1. The maximum atomic E-state index is 12.4. The van der Waals surface area contributed by atoms with E-state index in [0.717, 1.165) is 30.5 Å². The fraction of sp³-hybridized carbons (Fsp3) is 0.412. The first-order valence-electron chi connectivity index (χ1n) is 8.22. The fourth-order valence-electron chi connectivity index (χ4n) is 3.34. The quantitative estimate of drug-likeness (QED) is 0.662. The molecule has 0 aliphatic heterocycles. The molecule has 25 heavy (non-hydrogen) atoms. The van der Waals surface area contributed by atoms with E-state index in [1.807, 2.05) is 17.9 Å². The van der Waals surface area contributed by atoms with Gasteiger partial charge in [0.25, 0.3) is 5.69 Å². The monoisotopic (exact) mass is 343 g/mol. The molecule has 3 rings (SSSR count). The lowest BCUT2D eigenvalue weighted by atomic mass is 9.93. The number of hydrogen-bond acceptors (Lipinski definition) is 5. The Morgan fingerprint density at radius 3 is 3.00 bits per heavy atom. The highest BCUT2D eigenvalue weighted by Crippen LogP contribution is 2.29. The first-order chi connectivity index (χ1) is 12.0. The van der Waals surface area contributed by atoms with Crippen molar-refractivity contribution in [2.45, 2.75) is 25.3 Å². The van der Waals surface area contributed by atoms with Gasteiger partial charge in [0.05, 0.1) is 23.7 Å². The summed E-state index contributed by atoms with van der Waals surface area (Å²) in [5, 5.41) is 18.4. The van der Waals surface area contributed by atoms with Crippen molar-refractivity contribution in [3.05, 3.63) is 51.8 Å². The minimum absolute atomic E-state index is 0.00925. The van der Waals surface area contributed by atoms with E-state index in [0.29, 0.717) is 5.69 Å². The van der Waals surface area contributed by atoms with Crippen LogP contribution in [-0.2, 0) is 18.3 Å². The fourth-order valence-corrected chi connectivity index (χ4v) is 3.34. The SMILES string of the molecule is CN(CC(=O)NC1CCCc2c1cnn2C)c1ccccc1[N+](=O)[O-]. The largest absolute Gasteiger partial charge is 0.360 e. The Kier molecular flexibility index (Phi) is 4.69. The van der Waals surface area contributed by atoms with E-state index in [-0.39, 0.29) is 24.2 Å². The second-order valence-electron chi connectivity index (χ2n) is 6.28. The van der Waals surface area contributed by atoms with Gasteiger partial charge in [0.2, 0.25) is 5.91 Å². The summed E-state index contributed by atoms with van der Waals surface area (Å²) in [4.78, 5) is 24.7. The van der Waals surface area contributed by atoms with Gasteiger partial charge < -0.3 is 10.2 Å². The predicted molar refractivity (Wildman–Crippen MR) is 93.4 cm³/mol. The molecule has 1 N–H and O–H groups in total. The Balaban J connectivity index is 1.69. The van der Waals surface area contributed by atoms with Crippen molar-refractivity contribution < 1.29 is 9.72 Å². The zero-order valence-electron chi connectivity index (χ0n) is 14.3. The molecule has 8 heteroatoms. The van der Waals surface area contributed by atoms with Gasteiger partial charge in [-0.05, 0) is 25.3 Å². The van der Waals surface area contributed by atoms with Crippen molar-refractivity contribution in [2.24, 2.45) is 7.05 Å². The van der Waals surface area contributed by atoms with Gasteiger partial charge in [0.15, 0.2) is 0 Å². The van der Waals surface area contributed by atoms with E-state index in [9.17, 15) is 14.9 Å². The molecule has 0 bridgehead atoms. The summed E-state index contributed by atoms with van der Waals surface area (Å²) in [6.45, 7) is 0.0525. The summed E-state index contributed by atoms with van der Waals surface area (Å²) in [6, 6.07) is 6.36. The smallest absolute Gasteiger partial charge is 0.292 e. The second kappa shape index (κ2) is 6.92. The normalized spacial score (nSPS) is 16.2. The summed E-state index contributed by atoms with van der Waals surface area (Å²) >= 11 is 0. The number of carbonyl (C=O) groups excluding carboxylic acids is 1. The molecular weight excluding hydrogens is 322 g/mol. The molecule has 0 radical (unpaired) electrons. The van der Waals surface area contributed by atoms with E-state index >= 15 is 0 Å². The van der Waals surface area contributed by atoms with Crippen LogP contribution < -0.4 is 10.2 Å². The third kappa shape index (κ3) is 3.47. The Morgan fingerprint density at radius 2 is 2.24 bits per heavy atom. The number of likely N-dealkylation sites (N-methyl/N-ethyl adjacent to an activating group) is 1. The minimum Gasteiger partial charge on any atom is -0.360 e. The maximum Gasteiger partial charge on any atom is 0.292 e. The number of nitrogens with zero attached hydrogens (tertiary/aromatic N) is 4. The van der Waals surface area contributed by atoms with E-state index in [1.165, 1.54) is 6.07 Å². The third-order valence-corrected chi connectivity index (χ3v) is 4.58. The van der Waals surface area contributed by atoms with Gasteiger partial charge in [0, 0.05) is 31.4 Å². The van der Waals surface area contributed by atoms with Crippen LogP contribution in [0, 0.1) is 10.1 Å². The lowest BCUT2D eigenvalue weighted by molar-refractivity contribution is -0.384. The van der Waals surface area contributed by atoms with Crippen LogP contribution in [0.4, 0.5) is 11.4 Å². The molecule has 1 aromatic carbocycles. The predicted octanol–water partition coefficient (Wildman–Crippen LogP) is 1.96. The van der Waals surface area contributed by atoms with Crippen molar-refractivity contribution in [3.8, 4) is 0 Å². The topological polar surface area (TPSA) is 93.3 Å². The highest BCUT2D eigenvalue weighted by molar-refractivity contribution is 5.82. The molecule has 0 fully saturated rings. The van der Waals surface area contributed by atoms with Gasteiger partial charge >= 0.3 is 0 Å². The lowest BCUT2D eigenvalue weighted by Gasteiger charge is -2.25. The summed E-state index contributed by atoms with van der Waals surface area (Å²) in [5.41, 5.74) is 2.64. The van der Waals surface area contributed by atoms with Gasteiger partial charge in [-0.1, -0.05) is 12.1 Å². The average Bonchev–Trinajstić information content (AvgIpc) is 2.97. The molecule has 1 aromatic heterocycles. The van der Waals surface area contributed by atoms with Crippen molar-refractivity contribution in [2.75, 3.05) is 18.5 Å². The average molecular weight is 343 g/mol. The maximum absolute atomic E-state index is 12.4. The van der Waals surface area contributed by atoms with Crippen LogP contribution in [0.25, 0.3) is 0 Å². The summed E-state index contributed by atoms with van der Waals surface area (Å²) in [7, 11) is 3.59. The number of amides is 1. The summed E-state index contributed by atoms with van der Waals surface area (Å²) in [5.74, 6) is -0.164. The van der Waals surface area contributed by atoms with Crippen LogP contribution in [0.2, 0.25) is 0 Å². The molecule has 1 atom stereocenters. The van der Waals surface area contributed by atoms with Crippen molar-refractivity contribution in [1.29, 1.82) is 0 Å². The summed E-state index contributed by atoms with van der Waals surface area (Å²) in [6.07, 6.45) is 4.65. The van der Waals surface area contributed by atoms with Crippen LogP contribution in [0.5, 0.6) is 0 Å². The van der Waals surface area contributed by atoms with Gasteiger partial charge in [-0.25, -0.2) is 0 Å². The Labute approximate surface area is 145 Å². The van der Waals surface area contributed by atoms with Gasteiger partial charge in [-0.3, -0.25) is 19.6 Å². The third-order valence-electron chi connectivity index (χ3n) is 4.58. The van der Waals surface area contributed by atoms with Crippen LogP contribution in [-0.4, -0.2) is 34.2 Å². The second-order valence-corrected chi connectivity index (χ2v) is 6.28. The van der Waals surface area contributed by atoms with Crippen molar-refractivity contribution in [1.82, 2.24) is 15.1 Å². The van der Waals surface area contributed by atoms with Crippen molar-refractivity contribution in [3.63, 3.8) is 0 Å². The molecule has 1 aliphatic rings. The number of benzene rings is 1. The molecule has 1 aliphatic carbocycles. The van der Waals surface area contributed by atoms with Crippen LogP contribution >= 0.6 is 0 Å². The van der Waals surface area contributed by atoms with Gasteiger partial charge in [-0.2, -0.15) is 5.10 Å². The number of fused-ring (bicyclic) bond motifs is 1. The molecule has 1 unspecified atom stereocenters. The van der Waals surface area contributed by atoms with Crippen LogP contribution in [0.15, 0.2) is 30.5 Å². The molecule has 1 amide bonds. The number of carbonyl (C=O) groups is 1. The number of anilines is 1. The number of aromatic nitrogens is 2.